The summed E-state index contributed by atoms with van der Waals surface area (Å²) in [7, 11) is 0. The Morgan fingerprint density at radius 3 is 2.42 bits per heavy atom. The van der Waals surface area contributed by atoms with Crippen molar-refractivity contribution in [3.8, 4) is 17.2 Å². The zero-order valence-electron chi connectivity index (χ0n) is 36.9. The minimum Gasteiger partial charge on any atom is -0.459 e. The minimum atomic E-state index is -1.27. The summed E-state index contributed by atoms with van der Waals surface area (Å²) < 4.78 is 21.2. The number of benzene rings is 3. The summed E-state index contributed by atoms with van der Waals surface area (Å²) in [6.07, 6.45) is 18.6. The molecule has 2 N–H and O–H groups in total. The van der Waals surface area contributed by atoms with Crippen molar-refractivity contribution in [3.63, 3.8) is 0 Å². The van der Waals surface area contributed by atoms with Gasteiger partial charge in [0.1, 0.15) is 29.9 Å². The van der Waals surface area contributed by atoms with Gasteiger partial charge in [-0.15, -0.1) is 18.3 Å². The Labute approximate surface area is 373 Å². The molecule has 3 aliphatic carbocycles. The number of nitrogens with zero attached hydrogens (tertiary/aromatic N) is 2. The lowest BCUT2D eigenvalue weighted by atomic mass is 9.55. The maximum atomic E-state index is 14.8. The zero-order chi connectivity index (χ0) is 43.3. The number of hydrogen-bond donors (Lipinski definition) is 2. The third-order valence-corrected chi connectivity index (χ3v) is 14.3. The Hall–Kier alpha value is -4.09. The van der Waals surface area contributed by atoms with Crippen molar-refractivity contribution < 1.29 is 34.1 Å². The highest BCUT2D eigenvalue weighted by Crippen LogP contribution is 2.62. The van der Waals surface area contributed by atoms with Gasteiger partial charge < -0.3 is 34.2 Å². The normalized spacial score (nSPS) is 24.7. The van der Waals surface area contributed by atoms with E-state index in [9.17, 15) is 15.0 Å². The van der Waals surface area contributed by atoms with Crippen molar-refractivity contribution in [1.29, 1.82) is 0 Å². The number of amides is 1. The van der Waals surface area contributed by atoms with Crippen LogP contribution in [0.1, 0.15) is 114 Å². The number of fused-ring (bicyclic) bond motifs is 2. The predicted octanol–water partition coefficient (Wildman–Crippen LogP) is 11.2. The molecule has 1 heterocycles. The van der Waals surface area contributed by atoms with Gasteiger partial charge in [0, 0.05) is 49.0 Å². The molecular formula is C52H68N2O7S. The molecule has 334 valence electrons. The largest absolute Gasteiger partial charge is 0.459 e. The second kappa shape index (κ2) is 22.5. The third-order valence-electron chi connectivity index (χ3n) is 13.6. The molecule has 1 amide bonds. The number of aliphatic hydroxyl groups excluding tert-OH is 2. The summed E-state index contributed by atoms with van der Waals surface area (Å²) in [6, 6.07) is 23.9. The lowest BCUT2D eigenvalue weighted by Crippen LogP contribution is -2.70. The summed E-state index contributed by atoms with van der Waals surface area (Å²) in [5.41, 5.74) is 3.92. The first-order valence-corrected chi connectivity index (χ1v) is 24.5. The van der Waals surface area contributed by atoms with E-state index in [1.54, 1.807) is 17.8 Å². The molecule has 9 nitrogen and oxygen atoms in total. The molecule has 3 aromatic carbocycles. The number of rotatable bonds is 23. The number of aliphatic hydroxyl groups is 2. The van der Waals surface area contributed by atoms with E-state index in [0.717, 1.165) is 77.3 Å². The van der Waals surface area contributed by atoms with Crippen LogP contribution in [0.15, 0.2) is 107 Å². The first-order valence-electron chi connectivity index (χ1n) is 23.3. The fourth-order valence-corrected chi connectivity index (χ4v) is 11.1. The Morgan fingerprint density at radius 2 is 1.71 bits per heavy atom. The second-order valence-electron chi connectivity index (χ2n) is 17.6. The van der Waals surface area contributed by atoms with Gasteiger partial charge >= 0.3 is 0 Å². The van der Waals surface area contributed by atoms with Crippen molar-refractivity contribution >= 4 is 23.4 Å². The van der Waals surface area contributed by atoms with E-state index in [0.29, 0.717) is 50.5 Å². The smallest absolute Gasteiger partial charge is 0.239 e. The number of oxime groups is 1. The molecule has 0 radical (unpaired) electrons. The molecule has 2 saturated carbocycles. The maximum absolute atomic E-state index is 14.8. The number of hydrogen-bond acceptors (Lipinski definition) is 9. The van der Waals surface area contributed by atoms with Gasteiger partial charge in [0.25, 0.3) is 0 Å². The van der Waals surface area contributed by atoms with E-state index in [-0.39, 0.29) is 49.4 Å². The first-order chi connectivity index (χ1) is 30.4. The fourth-order valence-electron chi connectivity index (χ4n) is 10.7. The van der Waals surface area contributed by atoms with Crippen molar-refractivity contribution in [2.75, 3.05) is 32.6 Å². The molecule has 0 saturated heterocycles. The Balaban J connectivity index is 1.40. The molecule has 0 spiro atoms. The lowest BCUT2D eigenvalue weighted by molar-refractivity contribution is -0.257. The van der Waals surface area contributed by atoms with Gasteiger partial charge in [-0.1, -0.05) is 93.1 Å². The molecule has 1 aliphatic heterocycles. The van der Waals surface area contributed by atoms with E-state index < -0.39 is 11.8 Å². The number of thioether (sulfide) groups is 1. The molecule has 2 fully saturated rings. The van der Waals surface area contributed by atoms with Gasteiger partial charge in [-0.3, -0.25) is 4.79 Å². The molecule has 0 aromatic heterocycles. The van der Waals surface area contributed by atoms with Crippen LogP contribution < -0.4 is 9.47 Å². The zero-order valence-corrected chi connectivity index (χ0v) is 37.7. The molecular weight excluding hydrogens is 797 g/mol. The van der Waals surface area contributed by atoms with E-state index >= 15 is 0 Å². The third kappa shape index (κ3) is 10.6. The van der Waals surface area contributed by atoms with Crippen LogP contribution in [0.25, 0.3) is 0 Å². The van der Waals surface area contributed by atoms with Crippen molar-refractivity contribution in [2.24, 2.45) is 28.8 Å². The Kier molecular flexibility index (Phi) is 16.7. The molecule has 6 atom stereocenters. The van der Waals surface area contributed by atoms with Crippen LogP contribution in [-0.4, -0.2) is 71.2 Å². The SMILES string of the molecule is C=CCOC12Oc3ccc(Oc4ccc(SC)cc4)cc3C3C(CCCCO)C(CCCCO)C=C(C(=NOCc4ccccc4)CC1N(CCC)C(=O)CCC1CCCC1)C32. The monoisotopic (exact) mass is 864 g/mol. The highest BCUT2D eigenvalue weighted by Gasteiger charge is 2.65. The predicted molar refractivity (Wildman–Crippen MR) is 248 cm³/mol. The van der Waals surface area contributed by atoms with Crippen LogP contribution in [0.2, 0.25) is 0 Å². The fraction of sp³-hybridized carbons (Fsp3) is 0.538. The van der Waals surface area contributed by atoms with Crippen LogP contribution in [0.3, 0.4) is 0 Å². The average Bonchev–Trinajstić information content (AvgIpc) is 3.83. The van der Waals surface area contributed by atoms with Gasteiger partial charge in [-0.05, 0) is 116 Å². The van der Waals surface area contributed by atoms with Crippen LogP contribution in [0, 0.1) is 23.7 Å². The molecule has 10 heteroatoms. The van der Waals surface area contributed by atoms with Gasteiger partial charge in [0.05, 0.1) is 18.2 Å². The van der Waals surface area contributed by atoms with Crippen LogP contribution in [0.4, 0.5) is 0 Å². The van der Waals surface area contributed by atoms with Crippen LogP contribution >= 0.6 is 11.8 Å². The van der Waals surface area contributed by atoms with Crippen molar-refractivity contribution in [3.05, 3.63) is 108 Å². The highest BCUT2D eigenvalue weighted by molar-refractivity contribution is 7.98. The summed E-state index contributed by atoms with van der Waals surface area (Å²) in [6.45, 7) is 7.60. The van der Waals surface area contributed by atoms with Crippen molar-refractivity contribution in [2.45, 2.75) is 126 Å². The summed E-state index contributed by atoms with van der Waals surface area (Å²) in [5.74, 6) is 1.42. The average molecular weight is 865 g/mol. The lowest BCUT2D eigenvalue weighted by Gasteiger charge is -2.60. The first kappa shape index (κ1) is 45.9. The summed E-state index contributed by atoms with van der Waals surface area (Å²) in [5, 5.41) is 25.0. The van der Waals surface area contributed by atoms with Crippen LogP contribution in [0.5, 0.6) is 17.2 Å². The van der Waals surface area contributed by atoms with Crippen LogP contribution in [-0.2, 0) is 21.0 Å². The number of unbranched alkanes of at least 4 members (excludes halogenated alkanes) is 2. The van der Waals surface area contributed by atoms with E-state index in [4.69, 9.17) is 24.2 Å². The number of carbonyl (C=O) groups excluding carboxylic acids is 1. The van der Waals surface area contributed by atoms with Gasteiger partial charge in [0.15, 0.2) is 0 Å². The number of carbonyl (C=O) groups is 1. The van der Waals surface area contributed by atoms with Crippen molar-refractivity contribution in [1.82, 2.24) is 4.90 Å². The summed E-state index contributed by atoms with van der Waals surface area (Å²) >= 11 is 1.69. The van der Waals surface area contributed by atoms with Gasteiger partial charge in [-0.25, -0.2) is 0 Å². The molecule has 7 rings (SSSR count). The quantitative estimate of drug-likeness (QED) is 0.0420. The molecule has 4 aliphatic rings. The maximum Gasteiger partial charge on any atom is 0.239 e. The van der Waals surface area contributed by atoms with E-state index in [1.165, 1.54) is 25.7 Å². The summed E-state index contributed by atoms with van der Waals surface area (Å²) in [4.78, 5) is 24.3. The second-order valence-corrected chi connectivity index (χ2v) is 18.5. The molecule has 62 heavy (non-hydrogen) atoms. The Morgan fingerprint density at radius 1 is 0.968 bits per heavy atom. The van der Waals surface area contributed by atoms with E-state index in [2.05, 4.69) is 48.9 Å². The molecule has 6 unspecified atom stereocenters. The molecule has 0 bridgehead atoms. The topological polar surface area (TPSA) is 110 Å². The van der Waals surface area contributed by atoms with E-state index in [1.807, 2.05) is 54.6 Å². The number of allylic oxidation sites excluding steroid dienone is 1. The Bertz CT molecular complexity index is 1960. The van der Waals surface area contributed by atoms with Gasteiger partial charge in [0.2, 0.25) is 11.7 Å². The minimum absolute atomic E-state index is 0.122. The number of ether oxygens (including phenoxy) is 3. The highest BCUT2D eigenvalue weighted by atomic mass is 32.2. The van der Waals surface area contributed by atoms with Gasteiger partial charge in [-0.2, -0.15) is 0 Å². The molecule has 3 aromatic rings. The standard InChI is InChI=1S/C52H68N2O7S/c1-4-29-54(49(57)28-21-37-15-9-10-16-37)48-35-46(53-59-36-38-17-7-6-8-18-38)44-33-39(19-11-13-30-55)43(20-12-14-31-56)50-45-34-41(60-40-22-25-42(62-3)26-23-40)24-27-47(45)61-52(48,51(44)50)58-32-5-2/h5-8,17-18,22-27,33-34,37,39,43,48,50-51,55-56H,2,4,9-16,19-21,28-32,35-36H2,1,3H3.